The molecule has 1 aromatic carbocycles. The summed E-state index contributed by atoms with van der Waals surface area (Å²) in [4.78, 5) is 25.1. The number of benzene rings is 1. The second kappa shape index (κ2) is 6.04. The summed E-state index contributed by atoms with van der Waals surface area (Å²) in [6, 6.07) is 0.481. The van der Waals surface area contributed by atoms with Gasteiger partial charge in [0.15, 0.2) is 6.04 Å². The van der Waals surface area contributed by atoms with Gasteiger partial charge in [0.1, 0.15) is 11.6 Å². The van der Waals surface area contributed by atoms with Crippen molar-refractivity contribution in [2.24, 2.45) is 0 Å². The number of amides is 1. The molecular formula is C13H14F2N2O4. The van der Waals surface area contributed by atoms with E-state index >= 15 is 0 Å². The number of nitrogen functional groups attached to an aromatic ring is 1. The van der Waals surface area contributed by atoms with Crippen LogP contribution in [-0.4, -0.2) is 49.7 Å². The molecular weight excluding hydrogens is 286 g/mol. The van der Waals surface area contributed by atoms with Gasteiger partial charge < -0.3 is 20.1 Å². The fraction of sp³-hybridized carbons (Fsp3) is 0.385. The van der Waals surface area contributed by atoms with E-state index in [9.17, 15) is 18.4 Å². The van der Waals surface area contributed by atoms with Crippen LogP contribution in [0, 0.1) is 11.6 Å². The lowest BCUT2D eigenvalue weighted by Crippen LogP contribution is -2.53. The maximum Gasteiger partial charge on any atom is 0.331 e. The van der Waals surface area contributed by atoms with Crippen LogP contribution in [0.15, 0.2) is 12.1 Å². The van der Waals surface area contributed by atoms with Crippen LogP contribution >= 0.6 is 0 Å². The van der Waals surface area contributed by atoms with E-state index in [0.717, 1.165) is 11.0 Å². The molecule has 2 N–H and O–H groups in total. The van der Waals surface area contributed by atoms with Gasteiger partial charge in [-0.05, 0) is 6.07 Å². The van der Waals surface area contributed by atoms with E-state index in [1.54, 1.807) is 0 Å². The molecule has 0 spiro atoms. The normalized spacial score (nSPS) is 18.4. The maximum absolute atomic E-state index is 13.8. The Morgan fingerprint density at radius 1 is 1.38 bits per heavy atom. The Hall–Kier alpha value is -2.22. The Kier molecular flexibility index (Phi) is 4.37. The zero-order chi connectivity index (χ0) is 15.6. The number of hydrogen-bond acceptors (Lipinski definition) is 5. The molecule has 0 aromatic heterocycles. The summed E-state index contributed by atoms with van der Waals surface area (Å²) in [5.74, 6) is -3.42. The second-order valence-electron chi connectivity index (χ2n) is 4.47. The lowest BCUT2D eigenvalue weighted by Gasteiger charge is -2.33. The smallest absolute Gasteiger partial charge is 0.331 e. The van der Waals surface area contributed by atoms with Gasteiger partial charge in [-0.1, -0.05) is 0 Å². The molecule has 1 atom stereocenters. The van der Waals surface area contributed by atoms with Crippen molar-refractivity contribution in [2.75, 3.05) is 32.6 Å². The number of nitrogens with two attached hydrogens (primary N) is 1. The average molecular weight is 300 g/mol. The number of methoxy groups -OCH3 is 1. The van der Waals surface area contributed by atoms with Crippen LogP contribution in [0.3, 0.4) is 0 Å². The van der Waals surface area contributed by atoms with Crippen molar-refractivity contribution >= 4 is 17.6 Å². The number of hydrogen-bond donors (Lipinski definition) is 1. The highest BCUT2D eigenvalue weighted by atomic mass is 19.1. The van der Waals surface area contributed by atoms with Crippen molar-refractivity contribution in [3.8, 4) is 0 Å². The van der Waals surface area contributed by atoms with Crippen molar-refractivity contribution in [3.05, 3.63) is 29.3 Å². The van der Waals surface area contributed by atoms with E-state index in [1.165, 1.54) is 7.11 Å². The summed E-state index contributed by atoms with van der Waals surface area (Å²) < 4.78 is 36.6. The number of halogens is 2. The Morgan fingerprint density at radius 2 is 2.10 bits per heavy atom. The Balaban J connectivity index is 2.33. The summed E-state index contributed by atoms with van der Waals surface area (Å²) in [6.45, 7) is 0.254. The van der Waals surface area contributed by atoms with Gasteiger partial charge in [-0.25, -0.2) is 13.6 Å². The number of ether oxygens (including phenoxy) is 2. The molecule has 8 heteroatoms. The van der Waals surface area contributed by atoms with Gasteiger partial charge in [0.2, 0.25) is 0 Å². The molecule has 1 amide bonds. The predicted octanol–water partition coefficient (Wildman–Crippen LogP) is 0.561. The van der Waals surface area contributed by atoms with Crippen molar-refractivity contribution in [3.63, 3.8) is 0 Å². The van der Waals surface area contributed by atoms with Gasteiger partial charge in [0.25, 0.3) is 5.91 Å². The van der Waals surface area contributed by atoms with E-state index < -0.39 is 35.1 Å². The van der Waals surface area contributed by atoms with Crippen molar-refractivity contribution in [2.45, 2.75) is 6.04 Å². The van der Waals surface area contributed by atoms with Gasteiger partial charge in [0, 0.05) is 12.6 Å². The van der Waals surface area contributed by atoms with Gasteiger partial charge in [0.05, 0.1) is 31.6 Å². The molecule has 0 bridgehead atoms. The first-order chi connectivity index (χ1) is 9.95. The van der Waals surface area contributed by atoms with Gasteiger partial charge in [-0.2, -0.15) is 0 Å². The molecule has 114 valence electrons. The number of esters is 1. The Bertz CT molecular complexity index is 580. The topological polar surface area (TPSA) is 81.9 Å². The molecule has 2 rings (SSSR count). The third-order valence-electron chi connectivity index (χ3n) is 3.18. The summed E-state index contributed by atoms with van der Waals surface area (Å²) in [5.41, 5.74) is 4.61. The standard InChI is InChI=1S/C13H14F2N2O4/c1-20-13(19)11-6-21-3-2-17(11)12(18)7-4-10(16)9(15)5-8(7)14/h4-5,11H,2-3,6,16H2,1H3. The van der Waals surface area contributed by atoms with E-state index in [2.05, 4.69) is 4.74 Å². The van der Waals surface area contributed by atoms with E-state index in [0.29, 0.717) is 6.07 Å². The maximum atomic E-state index is 13.8. The molecule has 0 aliphatic carbocycles. The van der Waals surface area contributed by atoms with Crippen molar-refractivity contribution < 1.29 is 27.8 Å². The number of rotatable bonds is 2. The number of carbonyl (C=O) groups excluding carboxylic acids is 2. The number of morpholine rings is 1. The minimum absolute atomic E-state index is 0.0449. The van der Waals surface area contributed by atoms with E-state index in [1.807, 2.05) is 0 Å². The van der Waals surface area contributed by atoms with E-state index in [-0.39, 0.29) is 25.4 Å². The second-order valence-corrected chi connectivity index (χ2v) is 4.47. The molecule has 1 fully saturated rings. The highest BCUT2D eigenvalue weighted by Crippen LogP contribution is 2.20. The number of nitrogens with zero attached hydrogens (tertiary/aromatic N) is 1. The van der Waals surface area contributed by atoms with E-state index in [4.69, 9.17) is 10.5 Å². The minimum atomic E-state index is -1.04. The molecule has 6 nitrogen and oxygen atoms in total. The van der Waals surface area contributed by atoms with Crippen LogP contribution < -0.4 is 5.73 Å². The lowest BCUT2D eigenvalue weighted by molar-refractivity contribution is -0.151. The fourth-order valence-electron chi connectivity index (χ4n) is 2.06. The van der Waals surface area contributed by atoms with Crippen LogP contribution in [0.5, 0.6) is 0 Å². The van der Waals surface area contributed by atoms with Crippen LogP contribution in [0.4, 0.5) is 14.5 Å². The molecule has 1 heterocycles. The predicted molar refractivity (Wildman–Crippen MR) is 68.4 cm³/mol. The van der Waals surface area contributed by atoms with Gasteiger partial charge in [-0.15, -0.1) is 0 Å². The van der Waals surface area contributed by atoms with Gasteiger partial charge in [-0.3, -0.25) is 4.79 Å². The summed E-state index contributed by atoms with van der Waals surface area (Å²) in [6.07, 6.45) is 0. The third kappa shape index (κ3) is 2.94. The largest absolute Gasteiger partial charge is 0.467 e. The molecule has 0 radical (unpaired) electrons. The molecule has 1 aromatic rings. The van der Waals surface area contributed by atoms with Crippen molar-refractivity contribution in [1.29, 1.82) is 0 Å². The molecule has 0 saturated carbocycles. The third-order valence-corrected chi connectivity index (χ3v) is 3.18. The van der Waals surface area contributed by atoms with Crippen LogP contribution in [-0.2, 0) is 14.3 Å². The molecule has 1 unspecified atom stereocenters. The van der Waals surface area contributed by atoms with Crippen LogP contribution in [0.1, 0.15) is 10.4 Å². The Labute approximate surface area is 119 Å². The highest BCUT2D eigenvalue weighted by Gasteiger charge is 2.35. The number of carbonyl (C=O) groups is 2. The summed E-state index contributed by atoms with van der Waals surface area (Å²) in [5, 5.41) is 0. The average Bonchev–Trinajstić information content (AvgIpc) is 2.49. The van der Waals surface area contributed by atoms with Gasteiger partial charge >= 0.3 is 5.97 Å². The SMILES string of the molecule is COC(=O)C1COCCN1C(=O)c1cc(N)c(F)cc1F. The zero-order valence-corrected chi connectivity index (χ0v) is 11.3. The molecule has 1 aliphatic heterocycles. The first-order valence-corrected chi connectivity index (χ1v) is 6.16. The fourth-order valence-corrected chi connectivity index (χ4v) is 2.06. The first kappa shape index (κ1) is 15.2. The van der Waals surface area contributed by atoms with Crippen LogP contribution in [0.2, 0.25) is 0 Å². The highest BCUT2D eigenvalue weighted by molar-refractivity contribution is 5.98. The molecule has 1 saturated heterocycles. The molecule has 1 aliphatic rings. The zero-order valence-electron chi connectivity index (χ0n) is 11.3. The summed E-state index contributed by atoms with van der Waals surface area (Å²) in [7, 11) is 1.18. The monoisotopic (exact) mass is 300 g/mol. The first-order valence-electron chi connectivity index (χ1n) is 6.16. The lowest BCUT2D eigenvalue weighted by atomic mass is 10.1. The Morgan fingerprint density at radius 3 is 2.76 bits per heavy atom. The van der Waals surface area contributed by atoms with Crippen molar-refractivity contribution in [1.82, 2.24) is 4.90 Å². The van der Waals surface area contributed by atoms with Crippen LogP contribution in [0.25, 0.3) is 0 Å². The molecule has 21 heavy (non-hydrogen) atoms. The quantitative estimate of drug-likeness (QED) is 0.637. The minimum Gasteiger partial charge on any atom is -0.467 e. The number of anilines is 1. The summed E-state index contributed by atoms with van der Waals surface area (Å²) >= 11 is 0.